The maximum absolute atomic E-state index is 5.67. The molecule has 1 heterocycles. The molecule has 1 N–H and O–H groups in total. The van der Waals surface area contributed by atoms with E-state index in [1.165, 1.54) is 0 Å². The molecule has 1 atom stereocenters. The zero-order valence-electron chi connectivity index (χ0n) is 10.7. The molecule has 4 heteroatoms. The van der Waals surface area contributed by atoms with Gasteiger partial charge in [-0.1, -0.05) is 13.8 Å². The van der Waals surface area contributed by atoms with Gasteiger partial charge in [0.15, 0.2) is 5.75 Å². The zero-order chi connectivity index (χ0) is 12.0. The van der Waals surface area contributed by atoms with Gasteiger partial charge in [-0.05, 0) is 20.4 Å². The third kappa shape index (κ3) is 4.23. The highest BCUT2D eigenvalue weighted by Crippen LogP contribution is 2.13. The Hall–Kier alpha value is -1.03. The largest absolute Gasteiger partial charge is 0.490 e. The van der Waals surface area contributed by atoms with E-state index < -0.39 is 0 Å². The predicted octanol–water partition coefficient (Wildman–Crippen LogP) is 2.09. The monoisotopic (exact) mass is 225 g/mol. The van der Waals surface area contributed by atoms with E-state index in [4.69, 9.17) is 4.74 Å². The molecule has 0 bridgehead atoms. The van der Waals surface area contributed by atoms with Crippen LogP contribution in [0.1, 0.15) is 33.7 Å². The molecule has 16 heavy (non-hydrogen) atoms. The van der Waals surface area contributed by atoms with Crippen molar-refractivity contribution in [1.29, 1.82) is 0 Å². The van der Waals surface area contributed by atoms with E-state index in [-0.39, 0.29) is 0 Å². The molecule has 1 aromatic heterocycles. The van der Waals surface area contributed by atoms with Crippen molar-refractivity contribution in [1.82, 2.24) is 15.1 Å². The van der Waals surface area contributed by atoms with Crippen molar-refractivity contribution >= 4 is 0 Å². The molecule has 1 aromatic rings. The summed E-state index contributed by atoms with van der Waals surface area (Å²) in [4.78, 5) is 0. The summed E-state index contributed by atoms with van der Waals surface area (Å²) >= 11 is 0. The Kier molecular flexibility index (Phi) is 5.32. The lowest BCUT2D eigenvalue weighted by Gasteiger charge is -2.12. The molecule has 0 aliphatic heterocycles. The maximum Gasteiger partial charge on any atom is 0.157 e. The van der Waals surface area contributed by atoms with Gasteiger partial charge in [0.2, 0.25) is 0 Å². The summed E-state index contributed by atoms with van der Waals surface area (Å²) in [6, 6.07) is 0.386. The molecule has 4 nitrogen and oxygen atoms in total. The fraction of sp³-hybridized carbons (Fsp3) is 0.750. The van der Waals surface area contributed by atoms with Crippen LogP contribution in [0.2, 0.25) is 0 Å². The van der Waals surface area contributed by atoms with Gasteiger partial charge in [0.25, 0.3) is 0 Å². The van der Waals surface area contributed by atoms with E-state index in [0.29, 0.717) is 12.0 Å². The Labute approximate surface area is 98.0 Å². The van der Waals surface area contributed by atoms with Gasteiger partial charge >= 0.3 is 0 Å². The summed E-state index contributed by atoms with van der Waals surface area (Å²) in [6.45, 7) is 11.2. The van der Waals surface area contributed by atoms with Gasteiger partial charge in [-0.2, -0.15) is 5.10 Å². The molecule has 0 aliphatic carbocycles. The smallest absolute Gasteiger partial charge is 0.157 e. The molecule has 0 aromatic carbocycles. The first kappa shape index (κ1) is 13.0. The Balaban J connectivity index is 2.31. The summed E-state index contributed by atoms with van der Waals surface area (Å²) < 4.78 is 7.58. The van der Waals surface area contributed by atoms with Gasteiger partial charge in [-0.3, -0.25) is 4.68 Å². The number of nitrogens with zero attached hydrogens (tertiary/aromatic N) is 2. The van der Waals surface area contributed by atoms with Crippen LogP contribution < -0.4 is 10.1 Å². The third-order valence-corrected chi connectivity index (χ3v) is 2.38. The van der Waals surface area contributed by atoms with Crippen LogP contribution in [0.3, 0.4) is 0 Å². The standard InChI is InChI=1S/C12H23N3O/c1-5-13-6-11(4)9-16-12-7-14-15(8-12)10(2)3/h7-8,10-11,13H,5-6,9H2,1-4H3. The molecule has 92 valence electrons. The molecule has 1 rings (SSSR count). The highest BCUT2D eigenvalue weighted by Gasteiger charge is 2.05. The van der Waals surface area contributed by atoms with Crippen LogP contribution >= 0.6 is 0 Å². The lowest BCUT2D eigenvalue weighted by atomic mass is 10.2. The van der Waals surface area contributed by atoms with Crippen LogP contribution in [0.25, 0.3) is 0 Å². The zero-order valence-corrected chi connectivity index (χ0v) is 10.7. The highest BCUT2D eigenvalue weighted by atomic mass is 16.5. The number of hydrogen-bond donors (Lipinski definition) is 1. The van der Waals surface area contributed by atoms with E-state index >= 15 is 0 Å². The molecule has 0 saturated heterocycles. The molecule has 1 unspecified atom stereocenters. The van der Waals surface area contributed by atoms with Crippen molar-refractivity contribution in [3.8, 4) is 5.75 Å². The summed E-state index contributed by atoms with van der Waals surface area (Å²) in [7, 11) is 0. The Morgan fingerprint density at radius 3 is 2.75 bits per heavy atom. The van der Waals surface area contributed by atoms with E-state index in [1.54, 1.807) is 6.20 Å². The highest BCUT2D eigenvalue weighted by molar-refractivity contribution is 5.11. The first-order valence-corrected chi connectivity index (χ1v) is 6.01. The van der Waals surface area contributed by atoms with Crippen LogP contribution in [0, 0.1) is 5.92 Å². The molecule has 0 spiro atoms. The van der Waals surface area contributed by atoms with Gasteiger partial charge in [0, 0.05) is 18.5 Å². The van der Waals surface area contributed by atoms with Gasteiger partial charge in [0.1, 0.15) is 0 Å². The predicted molar refractivity (Wildman–Crippen MR) is 65.8 cm³/mol. The minimum atomic E-state index is 0.386. The van der Waals surface area contributed by atoms with E-state index in [9.17, 15) is 0 Å². The van der Waals surface area contributed by atoms with Crippen molar-refractivity contribution < 1.29 is 4.74 Å². The topological polar surface area (TPSA) is 39.1 Å². The SMILES string of the molecule is CCNCC(C)COc1cnn(C(C)C)c1. The fourth-order valence-electron chi connectivity index (χ4n) is 1.37. The second kappa shape index (κ2) is 6.53. The Morgan fingerprint density at radius 1 is 1.44 bits per heavy atom. The summed E-state index contributed by atoms with van der Waals surface area (Å²) in [5.41, 5.74) is 0. The van der Waals surface area contributed by atoms with Crippen LogP contribution in [0.15, 0.2) is 12.4 Å². The Bertz CT molecular complexity index is 296. The number of nitrogens with one attached hydrogen (secondary N) is 1. The normalized spacial score (nSPS) is 13.1. The Morgan fingerprint density at radius 2 is 2.19 bits per heavy atom. The van der Waals surface area contributed by atoms with Gasteiger partial charge in [0.05, 0.1) is 19.0 Å². The molecule has 0 amide bonds. The fourth-order valence-corrected chi connectivity index (χ4v) is 1.37. The second-order valence-electron chi connectivity index (χ2n) is 4.47. The molecule has 0 radical (unpaired) electrons. The maximum atomic E-state index is 5.67. The average Bonchev–Trinajstić information content (AvgIpc) is 2.72. The summed E-state index contributed by atoms with van der Waals surface area (Å²) in [6.07, 6.45) is 3.73. The first-order chi connectivity index (χ1) is 7.63. The third-order valence-electron chi connectivity index (χ3n) is 2.38. The minimum Gasteiger partial charge on any atom is -0.490 e. The molecule has 0 aliphatic rings. The van der Waals surface area contributed by atoms with Gasteiger partial charge < -0.3 is 10.1 Å². The number of ether oxygens (including phenoxy) is 1. The number of rotatable bonds is 7. The van der Waals surface area contributed by atoms with Crippen molar-refractivity contribution in [3.05, 3.63) is 12.4 Å². The molecule has 0 fully saturated rings. The van der Waals surface area contributed by atoms with Crippen molar-refractivity contribution in [3.63, 3.8) is 0 Å². The van der Waals surface area contributed by atoms with Crippen molar-refractivity contribution in [2.24, 2.45) is 5.92 Å². The van der Waals surface area contributed by atoms with Crippen molar-refractivity contribution in [2.75, 3.05) is 19.7 Å². The summed E-state index contributed by atoms with van der Waals surface area (Å²) in [5.74, 6) is 1.37. The first-order valence-electron chi connectivity index (χ1n) is 6.01. The van der Waals surface area contributed by atoms with Gasteiger partial charge in [-0.25, -0.2) is 0 Å². The number of hydrogen-bond acceptors (Lipinski definition) is 3. The lowest BCUT2D eigenvalue weighted by Crippen LogP contribution is -2.24. The summed E-state index contributed by atoms with van der Waals surface area (Å²) in [5, 5.41) is 7.54. The van der Waals surface area contributed by atoms with E-state index in [0.717, 1.165) is 25.4 Å². The number of aromatic nitrogens is 2. The second-order valence-corrected chi connectivity index (χ2v) is 4.47. The van der Waals surface area contributed by atoms with Crippen LogP contribution in [-0.2, 0) is 0 Å². The molecular weight excluding hydrogens is 202 g/mol. The molecular formula is C12H23N3O. The average molecular weight is 225 g/mol. The quantitative estimate of drug-likeness (QED) is 0.772. The minimum absolute atomic E-state index is 0.386. The van der Waals surface area contributed by atoms with Crippen LogP contribution in [-0.4, -0.2) is 29.5 Å². The van der Waals surface area contributed by atoms with Crippen LogP contribution in [0.5, 0.6) is 5.75 Å². The van der Waals surface area contributed by atoms with Crippen LogP contribution in [0.4, 0.5) is 0 Å². The van der Waals surface area contributed by atoms with E-state index in [1.807, 2.05) is 10.9 Å². The van der Waals surface area contributed by atoms with E-state index in [2.05, 4.69) is 38.1 Å². The van der Waals surface area contributed by atoms with Gasteiger partial charge in [-0.15, -0.1) is 0 Å². The molecule has 0 saturated carbocycles. The lowest BCUT2D eigenvalue weighted by molar-refractivity contribution is 0.256. The van der Waals surface area contributed by atoms with Crippen molar-refractivity contribution in [2.45, 2.75) is 33.7 Å².